The molecule has 0 radical (unpaired) electrons. The SMILES string of the molecule is CCC1=C(C(=O)OC)[C@@H](c2ccccc2)n2c(s/c(=C/c3ccc(-c4cc(Cl)ccc4C)o3)c2=O)=N1. The van der Waals surface area contributed by atoms with Crippen molar-refractivity contribution in [3.8, 4) is 11.3 Å². The molecular weight excluding hydrogens is 496 g/mol. The third-order valence-electron chi connectivity index (χ3n) is 6.13. The summed E-state index contributed by atoms with van der Waals surface area (Å²) in [6.45, 7) is 3.92. The Bertz CT molecular complexity index is 1680. The maximum Gasteiger partial charge on any atom is 0.338 e. The van der Waals surface area contributed by atoms with Crippen LogP contribution in [0.25, 0.3) is 17.4 Å². The van der Waals surface area contributed by atoms with Crippen molar-refractivity contribution in [2.75, 3.05) is 7.11 Å². The van der Waals surface area contributed by atoms with Gasteiger partial charge in [-0.25, -0.2) is 9.79 Å². The van der Waals surface area contributed by atoms with Gasteiger partial charge in [-0.3, -0.25) is 9.36 Å². The molecule has 1 atom stereocenters. The highest BCUT2D eigenvalue weighted by atomic mass is 35.5. The number of hydrogen-bond donors (Lipinski definition) is 0. The molecule has 0 bridgehead atoms. The molecule has 8 heteroatoms. The lowest BCUT2D eigenvalue weighted by atomic mass is 9.95. The fourth-order valence-electron chi connectivity index (χ4n) is 4.38. The molecular formula is C28H23ClN2O4S. The number of nitrogens with zero attached hydrogens (tertiary/aromatic N) is 2. The molecule has 6 nitrogen and oxygen atoms in total. The van der Waals surface area contributed by atoms with E-state index in [0.717, 1.165) is 16.7 Å². The van der Waals surface area contributed by atoms with Gasteiger partial charge in [-0.05, 0) is 48.7 Å². The molecule has 0 N–H and O–H groups in total. The summed E-state index contributed by atoms with van der Waals surface area (Å²) in [5, 5.41) is 0.621. The number of allylic oxidation sites excluding steroid dienone is 1. The Morgan fingerprint density at radius 3 is 2.69 bits per heavy atom. The van der Waals surface area contributed by atoms with E-state index in [4.69, 9.17) is 20.8 Å². The summed E-state index contributed by atoms with van der Waals surface area (Å²) in [6, 6.07) is 18.1. The van der Waals surface area contributed by atoms with E-state index >= 15 is 0 Å². The first-order valence-corrected chi connectivity index (χ1v) is 12.6. The first kappa shape index (κ1) is 24.0. The predicted molar refractivity (Wildman–Crippen MR) is 141 cm³/mol. The van der Waals surface area contributed by atoms with Crippen molar-refractivity contribution in [2.45, 2.75) is 26.3 Å². The minimum absolute atomic E-state index is 0.249. The van der Waals surface area contributed by atoms with E-state index in [1.54, 1.807) is 10.6 Å². The van der Waals surface area contributed by atoms with Crippen molar-refractivity contribution in [3.05, 3.63) is 114 Å². The number of aromatic nitrogens is 1. The number of ether oxygens (including phenoxy) is 1. The Morgan fingerprint density at radius 2 is 1.97 bits per heavy atom. The van der Waals surface area contributed by atoms with E-state index in [1.165, 1.54) is 18.4 Å². The van der Waals surface area contributed by atoms with Crippen LogP contribution in [-0.4, -0.2) is 17.6 Å². The molecule has 1 aliphatic heterocycles. The van der Waals surface area contributed by atoms with Crippen molar-refractivity contribution < 1.29 is 13.9 Å². The van der Waals surface area contributed by atoms with Crippen molar-refractivity contribution in [1.29, 1.82) is 0 Å². The topological polar surface area (TPSA) is 73.8 Å². The van der Waals surface area contributed by atoms with Gasteiger partial charge >= 0.3 is 5.97 Å². The zero-order valence-corrected chi connectivity index (χ0v) is 21.5. The minimum atomic E-state index is -0.631. The summed E-state index contributed by atoms with van der Waals surface area (Å²) in [5.74, 6) is 0.706. The molecule has 1 aliphatic rings. The molecule has 182 valence electrons. The van der Waals surface area contributed by atoms with Gasteiger partial charge in [0.05, 0.1) is 29.0 Å². The van der Waals surface area contributed by atoms with Gasteiger partial charge in [0.2, 0.25) is 0 Å². The van der Waals surface area contributed by atoms with Crippen molar-refractivity contribution in [3.63, 3.8) is 0 Å². The standard InChI is InChI=1S/C28H23ClN2O4S/c1-4-21-24(27(33)34-3)25(17-8-6-5-7-9-17)31-26(32)23(36-28(31)30-21)15-19-12-13-22(35-19)20-14-18(29)11-10-16(20)2/h5-15,25H,4H2,1-3H3/b23-15+/t25-/m1/s1. The summed E-state index contributed by atoms with van der Waals surface area (Å²) in [6.07, 6.45) is 2.24. The zero-order chi connectivity index (χ0) is 25.4. The Hall–Kier alpha value is -3.68. The highest BCUT2D eigenvalue weighted by Gasteiger charge is 2.33. The number of furan rings is 1. The Kier molecular flexibility index (Phi) is 6.51. The molecule has 5 rings (SSSR count). The van der Waals surface area contributed by atoms with Gasteiger partial charge in [-0.2, -0.15) is 0 Å². The van der Waals surface area contributed by atoms with Crippen molar-refractivity contribution in [1.82, 2.24) is 4.57 Å². The van der Waals surface area contributed by atoms with Crippen molar-refractivity contribution >= 4 is 35.0 Å². The molecule has 2 aromatic heterocycles. The average Bonchev–Trinajstić information content (AvgIpc) is 3.48. The van der Waals surface area contributed by atoms with Gasteiger partial charge in [0.1, 0.15) is 11.5 Å². The Labute approximate surface area is 216 Å². The molecule has 0 spiro atoms. The largest absolute Gasteiger partial charge is 0.466 e. The molecule has 0 aliphatic carbocycles. The summed E-state index contributed by atoms with van der Waals surface area (Å²) in [4.78, 5) is 31.7. The number of halogens is 1. The minimum Gasteiger partial charge on any atom is -0.466 e. The average molecular weight is 519 g/mol. The number of carbonyl (C=O) groups excluding carboxylic acids is 1. The Morgan fingerprint density at radius 1 is 1.19 bits per heavy atom. The number of rotatable bonds is 5. The smallest absolute Gasteiger partial charge is 0.338 e. The van der Waals surface area contributed by atoms with Crippen LogP contribution in [0.1, 0.15) is 36.3 Å². The lowest BCUT2D eigenvalue weighted by Gasteiger charge is -2.25. The van der Waals surface area contributed by atoms with E-state index < -0.39 is 12.0 Å². The van der Waals surface area contributed by atoms with E-state index in [2.05, 4.69) is 4.99 Å². The van der Waals surface area contributed by atoms with Crippen LogP contribution in [0.2, 0.25) is 5.02 Å². The number of fused-ring (bicyclic) bond motifs is 1. The highest BCUT2D eigenvalue weighted by Crippen LogP contribution is 2.32. The third-order valence-corrected chi connectivity index (χ3v) is 7.35. The van der Waals surface area contributed by atoms with Crippen LogP contribution in [0.3, 0.4) is 0 Å². The van der Waals surface area contributed by atoms with E-state index in [0.29, 0.717) is 43.6 Å². The molecule has 0 saturated carbocycles. The van der Waals surface area contributed by atoms with Crippen LogP contribution in [-0.2, 0) is 9.53 Å². The second kappa shape index (κ2) is 9.76. The summed E-state index contributed by atoms with van der Waals surface area (Å²) in [7, 11) is 1.34. The fourth-order valence-corrected chi connectivity index (χ4v) is 5.55. The molecule has 0 amide bonds. The van der Waals surface area contributed by atoms with Crippen LogP contribution in [0.5, 0.6) is 0 Å². The van der Waals surface area contributed by atoms with Crippen molar-refractivity contribution in [2.24, 2.45) is 4.99 Å². The van der Waals surface area contributed by atoms with Gasteiger partial charge in [0.15, 0.2) is 4.80 Å². The second-order valence-corrected chi connectivity index (χ2v) is 9.81. The molecule has 0 unspecified atom stereocenters. The molecule has 4 aromatic rings. The van der Waals surface area contributed by atoms with E-state index in [9.17, 15) is 9.59 Å². The van der Waals surface area contributed by atoms with Gasteiger partial charge < -0.3 is 9.15 Å². The molecule has 3 heterocycles. The van der Waals surface area contributed by atoms with E-state index in [-0.39, 0.29) is 5.56 Å². The molecule has 2 aromatic carbocycles. The van der Waals surface area contributed by atoms with Crippen LogP contribution >= 0.6 is 22.9 Å². The van der Waals surface area contributed by atoms with Gasteiger partial charge in [0, 0.05) is 16.7 Å². The molecule has 0 saturated heterocycles. The second-order valence-electron chi connectivity index (χ2n) is 8.36. The molecule has 0 fully saturated rings. The number of methoxy groups -OCH3 is 1. The maximum absolute atomic E-state index is 13.7. The summed E-state index contributed by atoms with van der Waals surface area (Å²) >= 11 is 7.44. The fraction of sp³-hybridized carbons (Fsp3) is 0.179. The van der Waals surface area contributed by atoms with Crippen LogP contribution in [0.4, 0.5) is 0 Å². The van der Waals surface area contributed by atoms with Crippen LogP contribution in [0, 0.1) is 6.92 Å². The maximum atomic E-state index is 13.7. The van der Waals surface area contributed by atoms with Gasteiger partial charge in [0.25, 0.3) is 5.56 Å². The normalized spacial score (nSPS) is 15.6. The lowest BCUT2D eigenvalue weighted by molar-refractivity contribution is -0.136. The Balaban J connectivity index is 1.67. The molecule has 36 heavy (non-hydrogen) atoms. The quantitative estimate of drug-likeness (QED) is 0.348. The van der Waals surface area contributed by atoms with Crippen LogP contribution < -0.4 is 14.9 Å². The number of benzene rings is 2. The van der Waals surface area contributed by atoms with Gasteiger partial charge in [-0.15, -0.1) is 0 Å². The number of aryl methyl sites for hydroxylation is 1. The first-order valence-electron chi connectivity index (χ1n) is 11.5. The van der Waals surface area contributed by atoms with Crippen LogP contribution in [0.15, 0.2) is 86.1 Å². The van der Waals surface area contributed by atoms with E-state index in [1.807, 2.05) is 74.5 Å². The number of esters is 1. The summed E-state index contributed by atoms with van der Waals surface area (Å²) < 4.78 is 13.2. The first-order chi connectivity index (χ1) is 17.4. The number of hydrogen-bond acceptors (Lipinski definition) is 6. The summed E-state index contributed by atoms with van der Waals surface area (Å²) in [5.41, 5.74) is 3.47. The highest BCUT2D eigenvalue weighted by molar-refractivity contribution is 7.07. The lowest BCUT2D eigenvalue weighted by Crippen LogP contribution is -2.40. The third kappa shape index (κ3) is 4.25. The predicted octanol–water partition coefficient (Wildman–Crippen LogP) is 5.02. The number of thiazole rings is 1. The zero-order valence-electron chi connectivity index (χ0n) is 19.9. The number of carbonyl (C=O) groups is 1. The van der Waals surface area contributed by atoms with Gasteiger partial charge in [-0.1, -0.05) is 66.3 Å². The monoisotopic (exact) mass is 518 g/mol.